The fourth-order valence-electron chi connectivity index (χ4n) is 2.22. The van der Waals surface area contributed by atoms with E-state index in [1.165, 1.54) is 7.11 Å². The maximum Gasteiger partial charge on any atom is 0.170 e. The van der Waals surface area contributed by atoms with Gasteiger partial charge >= 0.3 is 0 Å². The largest absolute Gasteiger partial charge is 0.494 e. The zero-order valence-corrected chi connectivity index (χ0v) is 12.8. The molecule has 5 heteroatoms. The molecule has 0 aliphatic carbocycles. The second-order valence-corrected chi connectivity index (χ2v) is 5.02. The molecule has 1 aromatic carbocycles. The molecule has 0 aliphatic heterocycles. The van der Waals surface area contributed by atoms with Gasteiger partial charge in [0.25, 0.3) is 0 Å². The van der Waals surface area contributed by atoms with Crippen molar-refractivity contribution >= 4 is 0 Å². The highest BCUT2D eigenvalue weighted by atomic mass is 19.1. The number of nitrogens with zero attached hydrogens (tertiary/aromatic N) is 2. The Labute approximate surface area is 124 Å². The summed E-state index contributed by atoms with van der Waals surface area (Å²) < 4.78 is 21.0. The summed E-state index contributed by atoms with van der Waals surface area (Å²) in [5, 5.41) is 7.71. The second-order valence-electron chi connectivity index (χ2n) is 5.02. The first-order valence-electron chi connectivity index (χ1n) is 7.20. The maximum atomic E-state index is 14.2. The van der Waals surface area contributed by atoms with Gasteiger partial charge in [-0.15, -0.1) is 0 Å². The molecule has 0 fully saturated rings. The average molecular weight is 291 g/mol. The van der Waals surface area contributed by atoms with Crippen molar-refractivity contribution in [3.63, 3.8) is 0 Å². The standard InChI is InChI=1S/C16H22FN3O/c1-4-8-18-9-14-10-19-20(12(14)2)11-13-6-5-7-15(21-3)16(13)17/h5-7,10,18H,4,8-9,11H2,1-3H3. The van der Waals surface area contributed by atoms with E-state index < -0.39 is 0 Å². The zero-order chi connectivity index (χ0) is 15.2. The van der Waals surface area contributed by atoms with E-state index >= 15 is 0 Å². The van der Waals surface area contributed by atoms with Crippen LogP contribution in [0.5, 0.6) is 5.75 Å². The van der Waals surface area contributed by atoms with Crippen LogP contribution in [0, 0.1) is 12.7 Å². The molecule has 1 heterocycles. The molecule has 2 aromatic rings. The van der Waals surface area contributed by atoms with Gasteiger partial charge in [-0.2, -0.15) is 5.10 Å². The van der Waals surface area contributed by atoms with Crippen LogP contribution in [0.3, 0.4) is 0 Å². The Balaban J connectivity index is 2.13. The van der Waals surface area contributed by atoms with E-state index in [4.69, 9.17) is 4.74 Å². The average Bonchev–Trinajstić information content (AvgIpc) is 2.83. The van der Waals surface area contributed by atoms with Gasteiger partial charge in [0.15, 0.2) is 11.6 Å². The van der Waals surface area contributed by atoms with E-state index in [2.05, 4.69) is 17.3 Å². The number of rotatable bonds is 7. The quantitative estimate of drug-likeness (QED) is 0.797. The Kier molecular flexibility index (Phi) is 5.33. The number of benzene rings is 1. The van der Waals surface area contributed by atoms with Gasteiger partial charge in [0.2, 0.25) is 0 Å². The van der Waals surface area contributed by atoms with Crippen LogP contribution in [-0.4, -0.2) is 23.4 Å². The first-order valence-corrected chi connectivity index (χ1v) is 7.20. The Hall–Kier alpha value is -1.88. The fraction of sp³-hybridized carbons (Fsp3) is 0.438. The number of aromatic nitrogens is 2. The van der Waals surface area contributed by atoms with Crippen LogP contribution in [-0.2, 0) is 13.1 Å². The highest BCUT2D eigenvalue weighted by Gasteiger charge is 2.12. The normalized spacial score (nSPS) is 10.9. The smallest absolute Gasteiger partial charge is 0.170 e. The third-order valence-corrected chi connectivity index (χ3v) is 3.53. The molecular formula is C16H22FN3O. The number of halogens is 1. The molecule has 0 saturated heterocycles. The van der Waals surface area contributed by atoms with Gasteiger partial charge in [-0.3, -0.25) is 4.68 Å². The third-order valence-electron chi connectivity index (χ3n) is 3.53. The summed E-state index contributed by atoms with van der Waals surface area (Å²) in [6.07, 6.45) is 2.94. The zero-order valence-electron chi connectivity index (χ0n) is 12.8. The van der Waals surface area contributed by atoms with Gasteiger partial charge < -0.3 is 10.1 Å². The number of hydrogen-bond acceptors (Lipinski definition) is 3. The molecule has 21 heavy (non-hydrogen) atoms. The SMILES string of the molecule is CCCNCc1cnn(Cc2cccc(OC)c2F)c1C. The van der Waals surface area contributed by atoms with Crippen molar-refractivity contribution in [2.45, 2.75) is 33.4 Å². The lowest BCUT2D eigenvalue weighted by atomic mass is 10.2. The van der Waals surface area contributed by atoms with Gasteiger partial charge in [-0.1, -0.05) is 19.1 Å². The molecule has 1 N–H and O–H groups in total. The van der Waals surface area contributed by atoms with Crippen molar-refractivity contribution in [2.75, 3.05) is 13.7 Å². The summed E-state index contributed by atoms with van der Waals surface area (Å²) >= 11 is 0. The minimum atomic E-state index is -0.319. The van der Waals surface area contributed by atoms with Crippen LogP contribution >= 0.6 is 0 Å². The van der Waals surface area contributed by atoms with E-state index in [1.807, 2.05) is 17.8 Å². The van der Waals surface area contributed by atoms with Crippen molar-refractivity contribution in [1.29, 1.82) is 0 Å². The predicted octanol–water partition coefficient (Wildman–Crippen LogP) is 2.89. The lowest BCUT2D eigenvalue weighted by molar-refractivity contribution is 0.383. The summed E-state index contributed by atoms with van der Waals surface area (Å²) in [5.41, 5.74) is 2.78. The number of methoxy groups -OCH3 is 1. The maximum absolute atomic E-state index is 14.2. The van der Waals surface area contributed by atoms with E-state index in [-0.39, 0.29) is 11.6 Å². The van der Waals surface area contributed by atoms with Crippen LogP contribution in [0.1, 0.15) is 30.2 Å². The minimum absolute atomic E-state index is 0.266. The van der Waals surface area contributed by atoms with Gasteiger partial charge in [0.05, 0.1) is 19.9 Å². The number of nitrogens with one attached hydrogen (secondary N) is 1. The molecule has 0 amide bonds. The highest BCUT2D eigenvalue weighted by molar-refractivity contribution is 5.31. The van der Waals surface area contributed by atoms with Crippen LogP contribution < -0.4 is 10.1 Å². The lowest BCUT2D eigenvalue weighted by Crippen LogP contribution is -2.14. The highest BCUT2D eigenvalue weighted by Crippen LogP contribution is 2.21. The molecule has 0 radical (unpaired) electrons. The van der Waals surface area contributed by atoms with Gasteiger partial charge in [-0.25, -0.2) is 4.39 Å². The molecule has 0 aliphatic rings. The first kappa shape index (κ1) is 15.5. The minimum Gasteiger partial charge on any atom is -0.494 e. The Bertz CT molecular complexity index is 595. The van der Waals surface area contributed by atoms with E-state index in [1.54, 1.807) is 18.2 Å². The van der Waals surface area contributed by atoms with Crippen LogP contribution in [0.4, 0.5) is 4.39 Å². The molecule has 114 valence electrons. The molecule has 4 nitrogen and oxygen atoms in total. The van der Waals surface area contributed by atoms with Gasteiger partial charge in [0, 0.05) is 23.4 Å². The first-order chi connectivity index (χ1) is 10.2. The molecule has 0 bridgehead atoms. The topological polar surface area (TPSA) is 39.1 Å². The Morgan fingerprint density at radius 1 is 1.33 bits per heavy atom. The van der Waals surface area contributed by atoms with Crippen molar-refractivity contribution < 1.29 is 9.13 Å². The monoisotopic (exact) mass is 291 g/mol. The molecule has 0 saturated carbocycles. The molecule has 2 rings (SSSR count). The van der Waals surface area contributed by atoms with E-state index in [9.17, 15) is 4.39 Å². The molecule has 0 unspecified atom stereocenters. The number of hydrogen-bond donors (Lipinski definition) is 1. The van der Waals surface area contributed by atoms with Crippen molar-refractivity contribution in [2.24, 2.45) is 0 Å². The van der Waals surface area contributed by atoms with Crippen molar-refractivity contribution in [1.82, 2.24) is 15.1 Å². The molecule has 1 aromatic heterocycles. The Morgan fingerprint density at radius 2 is 2.14 bits per heavy atom. The second kappa shape index (κ2) is 7.22. The van der Waals surface area contributed by atoms with Crippen LogP contribution in [0.25, 0.3) is 0 Å². The predicted molar refractivity (Wildman–Crippen MR) is 81.0 cm³/mol. The summed E-state index contributed by atoms with van der Waals surface area (Å²) in [6, 6.07) is 5.17. The van der Waals surface area contributed by atoms with E-state index in [0.717, 1.165) is 30.8 Å². The summed E-state index contributed by atoms with van der Waals surface area (Å²) in [5.74, 6) is -0.0531. The lowest BCUT2D eigenvalue weighted by Gasteiger charge is -2.09. The summed E-state index contributed by atoms with van der Waals surface area (Å²) in [4.78, 5) is 0. The van der Waals surface area contributed by atoms with Crippen LogP contribution in [0.15, 0.2) is 24.4 Å². The van der Waals surface area contributed by atoms with Crippen molar-refractivity contribution in [3.8, 4) is 5.75 Å². The Morgan fingerprint density at radius 3 is 2.86 bits per heavy atom. The van der Waals surface area contributed by atoms with E-state index in [0.29, 0.717) is 12.1 Å². The molecule has 0 spiro atoms. The molecule has 0 atom stereocenters. The van der Waals surface area contributed by atoms with Crippen LogP contribution in [0.2, 0.25) is 0 Å². The number of ether oxygens (including phenoxy) is 1. The summed E-state index contributed by atoms with van der Waals surface area (Å²) in [6.45, 7) is 6.32. The fourth-order valence-corrected chi connectivity index (χ4v) is 2.22. The molecular weight excluding hydrogens is 269 g/mol. The summed E-state index contributed by atoms with van der Waals surface area (Å²) in [7, 11) is 1.47. The van der Waals surface area contributed by atoms with Gasteiger partial charge in [-0.05, 0) is 26.0 Å². The third kappa shape index (κ3) is 3.61. The van der Waals surface area contributed by atoms with Gasteiger partial charge in [0.1, 0.15) is 0 Å². The van der Waals surface area contributed by atoms with Crippen molar-refractivity contribution in [3.05, 3.63) is 47.0 Å².